The number of halogens is 1. The van der Waals surface area contributed by atoms with Gasteiger partial charge in [-0.1, -0.05) is 18.2 Å². The molecule has 0 radical (unpaired) electrons. The molecule has 0 aliphatic carbocycles. The zero-order valence-electron chi connectivity index (χ0n) is 19.6. The van der Waals surface area contributed by atoms with Crippen molar-refractivity contribution in [2.75, 3.05) is 17.2 Å². The fourth-order valence-electron chi connectivity index (χ4n) is 3.35. The van der Waals surface area contributed by atoms with Crippen LogP contribution in [0.25, 0.3) is 16.2 Å². The van der Waals surface area contributed by atoms with Crippen molar-refractivity contribution in [1.82, 2.24) is 15.2 Å². The number of benzene rings is 1. The van der Waals surface area contributed by atoms with Crippen LogP contribution in [0.2, 0.25) is 0 Å². The number of hydrogen-bond acceptors (Lipinski definition) is 6. The number of thiophene rings is 1. The van der Waals surface area contributed by atoms with Crippen LogP contribution in [-0.4, -0.2) is 41.7 Å². The third kappa shape index (κ3) is 6.39. The summed E-state index contributed by atoms with van der Waals surface area (Å²) < 4.78 is 3.15. The van der Waals surface area contributed by atoms with E-state index in [4.69, 9.17) is 0 Å². The summed E-state index contributed by atoms with van der Waals surface area (Å²) in [6, 6.07) is 10.3. The summed E-state index contributed by atoms with van der Waals surface area (Å²) in [5, 5.41) is 4.49. The largest absolute Gasteiger partial charge is 0.337 e. The van der Waals surface area contributed by atoms with Crippen molar-refractivity contribution >= 4 is 68.4 Å². The van der Waals surface area contributed by atoms with Crippen LogP contribution in [-0.2, 0) is 22.7 Å². The van der Waals surface area contributed by atoms with Gasteiger partial charge in [0.1, 0.15) is 12.1 Å². The molecule has 1 aromatic carbocycles. The van der Waals surface area contributed by atoms with Gasteiger partial charge in [0.2, 0.25) is 5.91 Å². The van der Waals surface area contributed by atoms with Crippen molar-refractivity contribution in [1.29, 1.82) is 0 Å². The first-order chi connectivity index (χ1) is 15.6. The highest BCUT2D eigenvalue weighted by Gasteiger charge is 2.17. The van der Waals surface area contributed by atoms with Crippen LogP contribution in [0.15, 0.2) is 42.6 Å². The first-order valence-corrected chi connectivity index (χ1v) is 12.4. The monoisotopic (exact) mass is 576 g/mol. The van der Waals surface area contributed by atoms with Crippen molar-refractivity contribution in [2.45, 2.75) is 39.4 Å². The number of nitrogens with one attached hydrogen (secondary N) is 1. The molecular formula is C25H29IN4O2S. The number of aldehydes is 1. The Labute approximate surface area is 213 Å². The standard InChI is InChI=1S/C25H29IN4O2S/c1-17-20-8-6-7-9-21(20)33-22(17)15-29(4)23(32)11-10-18-12-19(14-28-25(2,3)16-31)24(27-13-18)30(5)26/h6-13,16,28H,14-15H2,1-5H3/b11-10+. The van der Waals surface area contributed by atoms with Gasteiger partial charge in [-0.2, -0.15) is 0 Å². The van der Waals surface area contributed by atoms with E-state index < -0.39 is 5.54 Å². The zero-order valence-corrected chi connectivity index (χ0v) is 22.5. The Morgan fingerprint density at radius 2 is 2.00 bits per heavy atom. The van der Waals surface area contributed by atoms with Crippen molar-refractivity contribution < 1.29 is 9.59 Å². The van der Waals surface area contributed by atoms with Crippen LogP contribution < -0.4 is 8.43 Å². The lowest BCUT2D eigenvalue weighted by atomic mass is 10.1. The molecular weight excluding hydrogens is 547 g/mol. The van der Waals surface area contributed by atoms with E-state index in [-0.39, 0.29) is 5.91 Å². The molecule has 33 heavy (non-hydrogen) atoms. The van der Waals surface area contributed by atoms with E-state index in [0.717, 1.165) is 23.2 Å². The van der Waals surface area contributed by atoms with E-state index in [2.05, 4.69) is 52.2 Å². The smallest absolute Gasteiger partial charge is 0.246 e. The molecule has 3 aromatic rings. The molecule has 0 fully saturated rings. The Morgan fingerprint density at radius 3 is 2.67 bits per heavy atom. The lowest BCUT2D eigenvalue weighted by Crippen LogP contribution is -2.40. The number of nitrogens with zero attached hydrogens (tertiary/aromatic N) is 3. The Kier molecular flexibility index (Phi) is 8.25. The van der Waals surface area contributed by atoms with E-state index >= 15 is 0 Å². The summed E-state index contributed by atoms with van der Waals surface area (Å²) >= 11 is 3.90. The number of fused-ring (bicyclic) bond motifs is 1. The van der Waals surface area contributed by atoms with E-state index in [1.165, 1.54) is 20.5 Å². The molecule has 1 amide bonds. The van der Waals surface area contributed by atoms with Crippen LogP contribution in [0.1, 0.15) is 35.4 Å². The normalized spacial score (nSPS) is 11.8. The van der Waals surface area contributed by atoms with E-state index in [1.54, 1.807) is 34.6 Å². The van der Waals surface area contributed by atoms with Gasteiger partial charge >= 0.3 is 0 Å². The molecule has 6 nitrogen and oxygen atoms in total. The molecule has 0 spiro atoms. The zero-order chi connectivity index (χ0) is 24.2. The number of rotatable bonds is 9. The summed E-state index contributed by atoms with van der Waals surface area (Å²) in [7, 11) is 3.74. The molecule has 3 rings (SSSR count). The van der Waals surface area contributed by atoms with Gasteiger partial charge in [0.25, 0.3) is 0 Å². The number of aromatic nitrogens is 1. The molecule has 0 atom stereocenters. The van der Waals surface area contributed by atoms with Crippen molar-refractivity contribution in [3.63, 3.8) is 0 Å². The maximum atomic E-state index is 12.8. The SMILES string of the molecule is Cc1c(CN(C)C(=O)/C=C/c2cnc(N(C)I)c(CNC(C)(C)C=O)c2)sc2ccccc12. The topological polar surface area (TPSA) is 65.5 Å². The fraction of sp³-hybridized carbons (Fsp3) is 0.320. The number of pyridine rings is 1. The minimum atomic E-state index is -0.629. The summed E-state index contributed by atoms with van der Waals surface area (Å²) in [6.45, 7) is 6.83. The molecule has 0 saturated carbocycles. The highest BCUT2D eigenvalue weighted by Crippen LogP contribution is 2.31. The molecule has 2 heterocycles. The summed E-state index contributed by atoms with van der Waals surface area (Å²) in [5.74, 6) is 0.745. The average Bonchev–Trinajstić information content (AvgIpc) is 3.11. The number of carbonyl (C=O) groups is 2. The second-order valence-corrected chi connectivity index (χ2v) is 11.2. The van der Waals surface area contributed by atoms with E-state index in [0.29, 0.717) is 13.1 Å². The van der Waals surface area contributed by atoms with E-state index in [1.807, 2.05) is 49.3 Å². The first-order valence-electron chi connectivity index (χ1n) is 10.6. The maximum absolute atomic E-state index is 12.8. The minimum absolute atomic E-state index is 0.0660. The number of amides is 1. The van der Waals surface area contributed by atoms with Gasteiger partial charge in [-0.05, 0) is 55.5 Å². The lowest BCUT2D eigenvalue weighted by molar-refractivity contribution is -0.125. The van der Waals surface area contributed by atoms with Crippen molar-refractivity contribution in [3.05, 3.63) is 64.2 Å². The highest BCUT2D eigenvalue weighted by molar-refractivity contribution is 14.1. The van der Waals surface area contributed by atoms with Gasteiger partial charge < -0.3 is 18.1 Å². The predicted octanol–water partition coefficient (Wildman–Crippen LogP) is 5.13. The molecule has 0 saturated heterocycles. The molecule has 8 heteroatoms. The van der Waals surface area contributed by atoms with Gasteiger partial charge in [0.05, 0.1) is 34.9 Å². The molecule has 2 aromatic heterocycles. The third-order valence-corrected chi connectivity index (χ3v) is 7.12. The van der Waals surface area contributed by atoms with Crippen LogP contribution in [0.5, 0.6) is 0 Å². The summed E-state index contributed by atoms with van der Waals surface area (Å²) in [4.78, 5) is 31.5. The van der Waals surface area contributed by atoms with Crippen molar-refractivity contribution in [2.24, 2.45) is 0 Å². The lowest BCUT2D eigenvalue weighted by Gasteiger charge is -2.21. The van der Waals surface area contributed by atoms with Gasteiger partial charge in [-0.25, -0.2) is 4.98 Å². The van der Waals surface area contributed by atoms with Gasteiger partial charge in [-0.15, -0.1) is 11.3 Å². The highest BCUT2D eigenvalue weighted by atomic mass is 127. The predicted molar refractivity (Wildman–Crippen MR) is 146 cm³/mol. The number of carbonyl (C=O) groups excluding carboxylic acids is 2. The first kappa shape index (κ1) is 25.3. The number of likely N-dealkylation sites (N-methyl/N-ethyl adjacent to an activating group) is 1. The Morgan fingerprint density at radius 1 is 1.27 bits per heavy atom. The van der Waals surface area contributed by atoms with Crippen LogP contribution in [0.3, 0.4) is 0 Å². The quantitative estimate of drug-likeness (QED) is 0.166. The van der Waals surface area contributed by atoms with Crippen LogP contribution in [0, 0.1) is 6.92 Å². The van der Waals surface area contributed by atoms with Gasteiger partial charge in [0.15, 0.2) is 0 Å². The average molecular weight is 577 g/mol. The van der Waals surface area contributed by atoms with Crippen LogP contribution in [0.4, 0.5) is 5.82 Å². The Bertz CT molecular complexity index is 1190. The van der Waals surface area contributed by atoms with Crippen molar-refractivity contribution in [3.8, 4) is 0 Å². The molecule has 1 N–H and O–H groups in total. The molecule has 174 valence electrons. The van der Waals surface area contributed by atoms with Gasteiger partial charge in [-0.3, -0.25) is 4.79 Å². The summed E-state index contributed by atoms with van der Waals surface area (Å²) in [6.07, 6.45) is 6.01. The number of anilines is 1. The van der Waals surface area contributed by atoms with Gasteiger partial charge in [0, 0.05) is 48.1 Å². The molecule has 0 aliphatic rings. The molecule has 0 unspecified atom stereocenters. The minimum Gasteiger partial charge on any atom is -0.337 e. The number of hydrogen-bond donors (Lipinski definition) is 1. The van der Waals surface area contributed by atoms with Crippen LogP contribution >= 0.6 is 34.2 Å². The number of aryl methyl sites for hydroxylation is 1. The Balaban J connectivity index is 1.73. The maximum Gasteiger partial charge on any atom is 0.246 e. The molecule has 0 aliphatic heterocycles. The Hall–Kier alpha value is -2.30. The second-order valence-electron chi connectivity index (χ2n) is 8.60. The third-order valence-electron chi connectivity index (χ3n) is 5.40. The fourth-order valence-corrected chi connectivity index (χ4v) is 5.05. The molecule has 0 bridgehead atoms. The second kappa shape index (κ2) is 10.8. The van der Waals surface area contributed by atoms with E-state index in [9.17, 15) is 9.59 Å². The summed E-state index contributed by atoms with van der Waals surface area (Å²) in [5.41, 5.74) is 2.39.